The molecule has 2 aliphatic heterocycles. The number of piperidine rings is 1. The molecule has 7 rings (SSSR count). The lowest BCUT2D eigenvalue weighted by Crippen LogP contribution is -2.42. The van der Waals surface area contributed by atoms with Crippen LogP contribution in [0, 0.1) is 5.92 Å². The van der Waals surface area contributed by atoms with Gasteiger partial charge in [-0.3, -0.25) is 0 Å². The average molecular weight is 543 g/mol. The Hall–Kier alpha value is -4.65. The molecule has 2 aromatic heterocycles. The summed E-state index contributed by atoms with van der Waals surface area (Å²) in [4.78, 5) is 24.2. The minimum absolute atomic E-state index is 0.0359. The molecule has 0 bridgehead atoms. The van der Waals surface area contributed by atoms with E-state index >= 15 is 0 Å². The molecule has 41 heavy (non-hydrogen) atoms. The zero-order chi connectivity index (χ0) is 27.6. The first-order valence-corrected chi connectivity index (χ1v) is 14.6. The SMILES string of the molecule is O=C(Nc1ccc(-c2ccccc2)cc1)N1CCC(CNc2nccc(-c3cn4c5c(cccc35)CCC4)n2)CC1. The summed E-state index contributed by atoms with van der Waals surface area (Å²) in [5, 5.41) is 7.80. The number of likely N-dealkylation sites (tertiary alicyclic amines) is 1. The van der Waals surface area contributed by atoms with Gasteiger partial charge in [0.05, 0.1) is 11.2 Å². The Kier molecular flexibility index (Phi) is 6.85. The van der Waals surface area contributed by atoms with E-state index < -0.39 is 0 Å². The summed E-state index contributed by atoms with van der Waals surface area (Å²) in [6, 6.07) is 26.9. The molecule has 5 aromatic rings. The predicted molar refractivity (Wildman–Crippen MR) is 165 cm³/mol. The van der Waals surface area contributed by atoms with Gasteiger partial charge < -0.3 is 20.1 Å². The number of aryl methyl sites for hydroxylation is 2. The summed E-state index contributed by atoms with van der Waals surface area (Å²) in [7, 11) is 0. The average Bonchev–Trinajstić information content (AvgIpc) is 3.42. The molecule has 0 unspecified atom stereocenters. The van der Waals surface area contributed by atoms with Crippen LogP contribution in [0.4, 0.5) is 16.4 Å². The summed E-state index contributed by atoms with van der Waals surface area (Å²) in [5.41, 5.74) is 8.01. The molecule has 2 N–H and O–H groups in total. The summed E-state index contributed by atoms with van der Waals surface area (Å²) in [6.45, 7) is 3.33. The van der Waals surface area contributed by atoms with Crippen molar-refractivity contribution in [1.29, 1.82) is 0 Å². The van der Waals surface area contributed by atoms with Gasteiger partial charge in [-0.1, -0.05) is 60.7 Å². The third-order valence-corrected chi connectivity index (χ3v) is 8.45. The molecule has 0 atom stereocenters. The monoisotopic (exact) mass is 542 g/mol. The molecular formula is C34H34N6O. The molecule has 0 spiro atoms. The van der Waals surface area contributed by atoms with Gasteiger partial charge in [0, 0.05) is 55.2 Å². The van der Waals surface area contributed by atoms with E-state index in [-0.39, 0.29) is 6.03 Å². The number of benzene rings is 3. The number of hydrogen-bond donors (Lipinski definition) is 2. The maximum Gasteiger partial charge on any atom is 0.321 e. The minimum Gasteiger partial charge on any atom is -0.354 e. The van der Waals surface area contributed by atoms with Crippen molar-refractivity contribution in [2.75, 3.05) is 30.3 Å². The largest absolute Gasteiger partial charge is 0.354 e. The molecule has 1 fully saturated rings. The van der Waals surface area contributed by atoms with E-state index in [1.165, 1.54) is 34.0 Å². The quantitative estimate of drug-likeness (QED) is 0.241. The molecule has 2 aliphatic rings. The van der Waals surface area contributed by atoms with Crippen LogP contribution in [0.5, 0.6) is 0 Å². The summed E-state index contributed by atoms with van der Waals surface area (Å²) < 4.78 is 2.38. The van der Waals surface area contributed by atoms with Gasteiger partial charge in [0.25, 0.3) is 0 Å². The van der Waals surface area contributed by atoms with Gasteiger partial charge in [0.15, 0.2) is 0 Å². The molecular weight excluding hydrogens is 508 g/mol. The van der Waals surface area contributed by atoms with Crippen LogP contribution in [0.1, 0.15) is 24.8 Å². The Labute approximate surface area is 240 Å². The van der Waals surface area contributed by atoms with Gasteiger partial charge in [-0.2, -0.15) is 0 Å². The second-order valence-corrected chi connectivity index (χ2v) is 11.1. The van der Waals surface area contributed by atoms with Crippen molar-refractivity contribution in [3.05, 3.63) is 96.8 Å². The van der Waals surface area contributed by atoms with Crippen LogP contribution in [0.15, 0.2) is 91.3 Å². The molecule has 4 heterocycles. The van der Waals surface area contributed by atoms with Crippen LogP contribution in [-0.2, 0) is 13.0 Å². The second kappa shape index (κ2) is 11.1. The first-order chi connectivity index (χ1) is 20.2. The van der Waals surface area contributed by atoms with Gasteiger partial charge in [0.1, 0.15) is 0 Å². The van der Waals surface area contributed by atoms with E-state index in [4.69, 9.17) is 4.98 Å². The van der Waals surface area contributed by atoms with Crippen LogP contribution in [-0.4, -0.2) is 45.1 Å². The predicted octanol–water partition coefficient (Wildman–Crippen LogP) is 7.07. The summed E-state index contributed by atoms with van der Waals surface area (Å²) in [6.07, 6.45) is 8.31. The molecule has 0 aliphatic carbocycles. The zero-order valence-corrected chi connectivity index (χ0v) is 23.1. The van der Waals surface area contributed by atoms with Gasteiger partial charge in [0.2, 0.25) is 5.95 Å². The van der Waals surface area contributed by atoms with E-state index in [0.29, 0.717) is 11.9 Å². The summed E-state index contributed by atoms with van der Waals surface area (Å²) >= 11 is 0. The number of aromatic nitrogens is 3. The number of amides is 2. The Bertz CT molecular complexity index is 1670. The fourth-order valence-corrected chi connectivity index (χ4v) is 6.21. The Morgan fingerprint density at radius 1 is 0.878 bits per heavy atom. The van der Waals surface area contributed by atoms with E-state index in [9.17, 15) is 4.79 Å². The number of carbonyl (C=O) groups is 1. The van der Waals surface area contributed by atoms with Crippen molar-refractivity contribution in [2.24, 2.45) is 5.92 Å². The third-order valence-electron chi connectivity index (χ3n) is 8.45. The van der Waals surface area contributed by atoms with E-state index in [0.717, 1.165) is 62.4 Å². The molecule has 206 valence electrons. The number of nitrogens with zero attached hydrogens (tertiary/aromatic N) is 4. The normalized spacial score (nSPS) is 15.2. The first-order valence-electron chi connectivity index (χ1n) is 14.6. The van der Waals surface area contributed by atoms with Crippen molar-refractivity contribution in [2.45, 2.75) is 32.2 Å². The van der Waals surface area contributed by atoms with E-state index in [1.54, 1.807) is 0 Å². The molecule has 7 nitrogen and oxygen atoms in total. The Balaban J connectivity index is 0.931. The fourth-order valence-electron chi connectivity index (χ4n) is 6.21. The smallest absolute Gasteiger partial charge is 0.321 e. The maximum absolute atomic E-state index is 12.9. The van der Waals surface area contributed by atoms with Crippen molar-refractivity contribution >= 4 is 28.6 Å². The van der Waals surface area contributed by atoms with E-state index in [2.05, 4.69) is 56.7 Å². The van der Waals surface area contributed by atoms with Crippen LogP contribution in [0.2, 0.25) is 0 Å². The Morgan fingerprint density at radius 2 is 1.68 bits per heavy atom. The highest BCUT2D eigenvalue weighted by Crippen LogP contribution is 2.34. The molecule has 1 saturated heterocycles. The number of para-hydroxylation sites is 1. The standard InChI is InChI=1S/C34H34N6O/c41-34(37-28-13-11-26(12-14-28)25-6-2-1-3-7-25)39-20-16-24(17-21-39)22-36-33-35-18-15-31(38-33)30-23-40-19-5-9-27-8-4-10-29(30)32(27)40/h1-4,6-8,10-15,18,23-24H,5,9,16-17,19-22H2,(H,37,41)(H,35,36,38). The summed E-state index contributed by atoms with van der Waals surface area (Å²) in [5.74, 6) is 1.13. The topological polar surface area (TPSA) is 75.1 Å². The van der Waals surface area contributed by atoms with Gasteiger partial charge in [-0.25, -0.2) is 14.8 Å². The lowest BCUT2D eigenvalue weighted by molar-refractivity contribution is 0.185. The lowest BCUT2D eigenvalue weighted by atomic mass is 9.97. The van der Waals surface area contributed by atoms with Crippen LogP contribution in [0.25, 0.3) is 33.3 Å². The van der Waals surface area contributed by atoms with Crippen LogP contribution < -0.4 is 10.6 Å². The van der Waals surface area contributed by atoms with Crippen molar-refractivity contribution in [1.82, 2.24) is 19.4 Å². The molecule has 0 saturated carbocycles. The Morgan fingerprint density at radius 3 is 2.51 bits per heavy atom. The number of hydrogen-bond acceptors (Lipinski definition) is 4. The van der Waals surface area contributed by atoms with Crippen LogP contribution in [0.3, 0.4) is 0 Å². The zero-order valence-electron chi connectivity index (χ0n) is 23.1. The number of nitrogens with one attached hydrogen (secondary N) is 2. The number of anilines is 2. The maximum atomic E-state index is 12.9. The number of carbonyl (C=O) groups excluding carboxylic acids is 1. The highest BCUT2D eigenvalue weighted by Gasteiger charge is 2.23. The van der Waals surface area contributed by atoms with Crippen molar-refractivity contribution < 1.29 is 4.79 Å². The molecule has 0 radical (unpaired) electrons. The van der Waals surface area contributed by atoms with Gasteiger partial charge in [-0.15, -0.1) is 0 Å². The minimum atomic E-state index is -0.0359. The van der Waals surface area contributed by atoms with Gasteiger partial charge >= 0.3 is 6.03 Å². The lowest BCUT2D eigenvalue weighted by Gasteiger charge is -2.32. The number of urea groups is 1. The second-order valence-electron chi connectivity index (χ2n) is 11.1. The van der Waals surface area contributed by atoms with E-state index in [1.807, 2.05) is 59.6 Å². The van der Waals surface area contributed by atoms with Crippen LogP contribution >= 0.6 is 0 Å². The number of rotatable bonds is 6. The molecule has 3 aromatic carbocycles. The highest BCUT2D eigenvalue weighted by atomic mass is 16.2. The molecule has 7 heteroatoms. The molecule has 2 amide bonds. The van der Waals surface area contributed by atoms with Crippen molar-refractivity contribution in [3.63, 3.8) is 0 Å². The third kappa shape index (κ3) is 5.27. The van der Waals surface area contributed by atoms with Crippen molar-refractivity contribution in [3.8, 4) is 22.4 Å². The fraction of sp³-hybridized carbons (Fsp3) is 0.265. The first kappa shape index (κ1) is 25.3. The highest BCUT2D eigenvalue weighted by molar-refractivity contribution is 5.97. The van der Waals surface area contributed by atoms with Gasteiger partial charge in [-0.05, 0) is 66.5 Å².